The van der Waals surface area contributed by atoms with E-state index in [4.69, 9.17) is 0 Å². The highest BCUT2D eigenvalue weighted by atomic mass is 32.2. The van der Waals surface area contributed by atoms with Crippen LogP contribution >= 0.6 is 0 Å². The minimum Gasteiger partial charge on any atom is -0.508 e. The summed E-state index contributed by atoms with van der Waals surface area (Å²) in [7, 11) is -3.78. The fraction of sp³-hybridized carbons (Fsp3) is 0.0526. The molecule has 1 heterocycles. The van der Waals surface area contributed by atoms with Gasteiger partial charge in [-0.3, -0.25) is 0 Å². The summed E-state index contributed by atoms with van der Waals surface area (Å²) in [5.74, 6) is 0.0330. The molecule has 4 aromatic rings. The van der Waals surface area contributed by atoms with Crippen LogP contribution in [-0.4, -0.2) is 17.5 Å². The topological polar surface area (TPSA) is 59.3 Å². The molecule has 0 aliphatic carbocycles. The van der Waals surface area contributed by atoms with Crippen LogP contribution in [0, 0.1) is 6.92 Å². The summed E-state index contributed by atoms with van der Waals surface area (Å²) in [6, 6.07) is 18.9. The van der Waals surface area contributed by atoms with Gasteiger partial charge in [0.1, 0.15) is 5.75 Å². The van der Waals surface area contributed by atoms with Crippen molar-refractivity contribution in [2.45, 2.75) is 11.8 Å². The van der Waals surface area contributed by atoms with Crippen molar-refractivity contribution in [3.63, 3.8) is 0 Å². The van der Waals surface area contributed by atoms with Crippen molar-refractivity contribution in [1.29, 1.82) is 0 Å². The van der Waals surface area contributed by atoms with E-state index in [9.17, 15) is 13.5 Å². The Labute approximate surface area is 139 Å². The van der Waals surface area contributed by atoms with Crippen molar-refractivity contribution in [3.8, 4) is 5.75 Å². The molecular formula is C19H15NO3S. The number of rotatable bonds is 2. The van der Waals surface area contributed by atoms with Crippen LogP contribution < -0.4 is 0 Å². The van der Waals surface area contributed by atoms with E-state index >= 15 is 0 Å². The molecule has 3 aromatic carbocycles. The Balaban J connectivity index is 2.14. The van der Waals surface area contributed by atoms with Gasteiger partial charge in [-0.15, -0.1) is 0 Å². The van der Waals surface area contributed by atoms with Crippen molar-refractivity contribution in [2.24, 2.45) is 0 Å². The molecule has 24 heavy (non-hydrogen) atoms. The minimum atomic E-state index is -3.78. The molecule has 0 unspecified atom stereocenters. The Morgan fingerprint density at radius 3 is 2.25 bits per heavy atom. The summed E-state index contributed by atoms with van der Waals surface area (Å²) in [4.78, 5) is 0.221. The highest BCUT2D eigenvalue weighted by Gasteiger charge is 2.23. The van der Waals surface area contributed by atoms with E-state index in [1.54, 1.807) is 42.5 Å². The van der Waals surface area contributed by atoms with Gasteiger partial charge in [0.25, 0.3) is 10.0 Å². The van der Waals surface area contributed by atoms with Gasteiger partial charge in [0.2, 0.25) is 0 Å². The van der Waals surface area contributed by atoms with Gasteiger partial charge in [0.15, 0.2) is 0 Å². The lowest BCUT2D eigenvalue weighted by Gasteiger charge is -2.09. The highest BCUT2D eigenvalue weighted by molar-refractivity contribution is 7.90. The normalized spacial score (nSPS) is 12.0. The number of hydrogen-bond donors (Lipinski definition) is 1. The Hall–Kier alpha value is -2.79. The summed E-state index contributed by atoms with van der Waals surface area (Å²) in [5.41, 5.74) is 2.06. The third-order valence-electron chi connectivity index (χ3n) is 4.17. The average Bonchev–Trinajstić information content (AvgIpc) is 2.89. The first-order valence-electron chi connectivity index (χ1n) is 7.53. The van der Waals surface area contributed by atoms with Gasteiger partial charge >= 0.3 is 0 Å². The van der Waals surface area contributed by atoms with Gasteiger partial charge in [-0.2, -0.15) is 0 Å². The molecule has 0 aliphatic rings. The zero-order valence-corrected chi connectivity index (χ0v) is 13.8. The predicted molar refractivity (Wildman–Crippen MR) is 94.9 cm³/mol. The lowest BCUT2D eigenvalue weighted by molar-refractivity contribution is 0.476. The molecule has 0 radical (unpaired) electrons. The molecule has 0 amide bonds. The molecule has 0 aliphatic heterocycles. The fourth-order valence-electron chi connectivity index (χ4n) is 3.00. The first-order chi connectivity index (χ1) is 11.5. The Bertz CT molecular complexity index is 1170. The van der Waals surface area contributed by atoms with Crippen LogP contribution in [0.2, 0.25) is 0 Å². The van der Waals surface area contributed by atoms with E-state index in [1.807, 2.05) is 25.1 Å². The lowest BCUT2D eigenvalue weighted by atomic mass is 10.1. The quantitative estimate of drug-likeness (QED) is 0.600. The maximum absolute atomic E-state index is 13.2. The lowest BCUT2D eigenvalue weighted by Crippen LogP contribution is -2.12. The van der Waals surface area contributed by atoms with E-state index in [0.29, 0.717) is 11.0 Å². The molecule has 0 atom stereocenters. The average molecular weight is 337 g/mol. The summed E-state index contributed by atoms with van der Waals surface area (Å²) in [5, 5.41) is 11.5. The summed E-state index contributed by atoms with van der Waals surface area (Å²) < 4.78 is 27.8. The molecule has 5 heteroatoms. The second-order valence-corrected chi connectivity index (χ2v) is 7.59. The molecule has 1 N–H and O–H groups in total. The van der Waals surface area contributed by atoms with Gasteiger partial charge in [0.05, 0.1) is 15.9 Å². The van der Waals surface area contributed by atoms with E-state index in [1.165, 1.54) is 10.0 Å². The first-order valence-corrected chi connectivity index (χ1v) is 8.97. The number of benzene rings is 3. The molecular weight excluding hydrogens is 322 g/mol. The first kappa shape index (κ1) is 14.8. The van der Waals surface area contributed by atoms with Crippen LogP contribution in [0.4, 0.5) is 0 Å². The van der Waals surface area contributed by atoms with Gasteiger partial charge in [-0.1, -0.05) is 35.9 Å². The van der Waals surface area contributed by atoms with Crippen LogP contribution in [0.5, 0.6) is 5.75 Å². The van der Waals surface area contributed by atoms with E-state index < -0.39 is 10.0 Å². The number of aromatic nitrogens is 1. The number of phenols is 1. The smallest absolute Gasteiger partial charge is 0.268 e. The van der Waals surface area contributed by atoms with Crippen molar-refractivity contribution in [2.75, 3.05) is 0 Å². The van der Waals surface area contributed by atoms with E-state index in [0.717, 1.165) is 16.3 Å². The van der Waals surface area contributed by atoms with Crippen molar-refractivity contribution in [3.05, 3.63) is 72.3 Å². The number of aryl methyl sites for hydroxylation is 1. The van der Waals surface area contributed by atoms with E-state index in [2.05, 4.69) is 0 Å². The second-order valence-electron chi connectivity index (χ2n) is 5.80. The Kier molecular flexibility index (Phi) is 3.15. The zero-order valence-electron chi connectivity index (χ0n) is 13.0. The van der Waals surface area contributed by atoms with Gasteiger partial charge in [-0.05, 0) is 37.3 Å². The Morgan fingerprint density at radius 2 is 1.50 bits per heavy atom. The van der Waals surface area contributed by atoms with Crippen molar-refractivity contribution in [1.82, 2.24) is 3.97 Å². The number of phenolic OH excluding ortho intramolecular Hbond substituents is 1. The van der Waals surface area contributed by atoms with Crippen molar-refractivity contribution >= 4 is 31.8 Å². The molecule has 0 fully saturated rings. The number of para-hydroxylation sites is 1. The van der Waals surface area contributed by atoms with Gasteiger partial charge in [0, 0.05) is 16.8 Å². The van der Waals surface area contributed by atoms with E-state index in [-0.39, 0.29) is 10.6 Å². The summed E-state index contributed by atoms with van der Waals surface area (Å²) >= 11 is 0. The van der Waals surface area contributed by atoms with Gasteiger partial charge in [-0.25, -0.2) is 12.4 Å². The molecule has 120 valence electrons. The van der Waals surface area contributed by atoms with Gasteiger partial charge < -0.3 is 5.11 Å². The highest BCUT2D eigenvalue weighted by Crippen LogP contribution is 2.34. The van der Waals surface area contributed by atoms with Crippen molar-refractivity contribution < 1.29 is 13.5 Å². The molecule has 1 aromatic heterocycles. The third kappa shape index (κ3) is 2.09. The predicted octanol–water partition coefficient (Wildman–Crippen LogP) is 4.05. The second kappa shape index (κ2) is 5.11. The number of aromatic hydroxyl groups is 1. The molecule has 0 saturated heterocycles. The summed E-state index contributed by atoms with van der Waals surface area (Å²) in [6.45, 7) is 1.91. The fourth-order valence-corrected chi connectivity index (χ4v) is 4.52. The largest absolute Gasteiger partial charge is 0.508 e. The monoisotopic (exact) mass is 337 g/mol. The van der Waals surface area contributed by atoms with Crippen LogP contribution in [0.3, 0.4) is 0 Å². The SMILES string of the molecule is Cc1ccc(S(=O)(=O)n2c3ccccc3c3ccc(O)cc32)cc1. The molecule has 4 nitrogen and oxygen atoms in total. The number of hydrogen-bond acceptors (Lipinski definition) is 3. The van der Waals surface area contributed by atoms with Crippen LogP contribution in [-0.2, 0) is 10.0 Å². The standard InChI is InChI=1S/C19H15NO3S/c1-13-6-9-15(10-7-13)24(22,23)20-18-5-3-2-4-16(18)17-11-8-14(21)12-19(17)20/h2-12,21H,1H3. The maximum Gasteiger partial charge on any atom is 0.268 e. The zero-order chi connectivity index (χ0) is 16.9. The number of fused-ring (bicyclic) bond motifs is 3. The Morgan fingerprint density at radius 1 is 0.833 bits per heavy atom. The summed E-state index contributed by atoms with van der Waals surface area (Å²) in [6.07, 6.45) is 0. The minimum absolute atomic E-state index is 0.0330. The molecule has 0 saturated carbocycles. The van der Waals surface area contributed by atoms with Crippen LogP contribution in [0.25, 0.3) is 21.8 Å². The number of nitrogens with zero attached hydrogens (tertiary/aromatic N) is 1. The molecule has 4 rings (SSSR count). The third-order valence-corrected chi connectivity index (χ3v) is 5.91. The molecule has 0 bridgehead atoms. The van der Waals surface area contributed by atoms with Crippen LogP contribution in [0.15, 0.2) is 71.6 Å². The maximum atomic E-state index is 13.2. The van der Waals surface area contributed by atoms with Crippen LogP contribution in [0.1, 0.15) is 5.56 Å². The molecule has 0 spiro atoms.